The van der Waals surface area contributed by atoms with E-state index >= 15 is 0 Å². The summed E-state index contributed by atoms with van der Waals surface area (Å²) in [4.78, 5) is 0. The van der Waals surface area contributed by atoms with Gasteiger partial charge in [-0.25, -0.2) is 0 Å². The fraction of sp³-hybridized carbons (Fsp3) is 1.00. The highest BCUT2D eigenvalue weighted by Gasteiger charge is 2.13. The second kappa shape index (κ2) is 6.44. The molecule has 0 rings (SSSR count). The first-order chi connectivity index (χ1) is 5.62. The van der Waals surface area contributed by atoms with Gasteiger partial charge in [0.1, 0.15) is 0 Å². The van der Waals surface area contributed by atoms with Crippen molar-refractivity contribution in [2.45, 2.75) is 45.6 Å². The lowest BCUT2D eigenvalue weighted by molar-refractivity contribution is -0.0214. The van der Waals surface area contributed by atoms with Crippen molar-refractivity contribution in [1.82, 2.24) is 5.32 Å². The first-order valence-electron chi connectivity index (χ1n) is 4.91. The molecule has 0 bridgehead atoms. The number of rotatable bonds is 7. The highest BCUT2D eigenvalue weighted by atomic mass is 16.5. The highest BCUT2D eigenvalue weighted by molar-refractivity contribution is 4.64. The maximum atomic E-state index is 5.70. The molecular weight excluding hydrogens is 150 g/mol. The van der Waals surface area contributed by atoms with Crippen LogP contribution in [0.15, 0.2) is 0 Å². The molecule has 0 aliphatic carbocycles. The summed E-state index contributed by atoms with van der Waals surface area (Å²) < 4.78 is 5.70. The third kappa shape index (κ3) is 6.62. The van der Waals surface area contributed by atoms with Crippen LogP contribution in [0.1, 0.15) is 40.0 Å². The molecule has 0 aliphatic heterocycles. The van der Waals surface area contributed by atoms with Crippen LogP contribution in [0.4, 0.5) is 0 Å². The average Bonchev–Trinajstić information content (AvgIpc) is 2.04. The number of unbranched alkanes of at least 4 members (excludes halogenated alkanes) is 1. The molecule has 12 heavy (non-hydrogen) atoms. The zero-order valence-corrected chi connectivity index (χ0v) is 8.94. The van der Waals surface area contributed by atoms with Crippen LogP contribution in [0.3, 0.4) is 0 Å². The van der Waals surface area contributed by atoms with Gasteiger partial charge in [-0.3, -0.25) is 0 Å². The lowest BCUT2D eigenvalue weighted by atomic mass is 10.1. The van der Waals surface area contributed by atoms with Crippen molar-refractivity contribution >= 4 is 0 Å². The summed E-state index contributed by atoms with van der Waals surface area (Å²) in [5.41, 5.74) is 0.0691. The van der Waals surface area contributed by atoms with Gasteiger partial charge in [0, 0.05) is 6.61 Å². The molecule has 0 aliphatic rings. The molecule has 0 fully saturated rings. The lowest BCUT2D eigenvalue weighted by Gasteiger charge is -2.23. The molecule has 1 N–H and O–H groups in total. The van der Waals surface area contributed by atoms with Crippen LogP contribution in [0.2, 0.25) is 0 Å². The standard InChI is InChI=1S/C10H23NO/c1-5-10(2,3)12-9-7-6-8-11-4/h11H,5-9H2,1-4H3. The molecule has 0 aromatic carbocycles. The molecular formula is C10H23NO. The Balaban J connectivity index is 3.19. The van der Waals surface area contributed by atoms with E-state index in [1.165, 1.54) is 6.42 Å². The number of hydrogen-bond acceptors (Lipinski definition) is 2. The molecule has 0 radical (unpaired) electrons. The second-order valence-electron chi connectivity index (χ2n) is 3.77. The third-order valence-corrected chi connectivity index (χ3v) is 2.17. The van der Waals surface area contributed by atoms with E-state index < -0.39 is 0 Å². The van der Waals surface area contributed by atoms with Gasteiger partial charge < -0.3 is 10.1 Å². The largest absolute Gasteiger partial charge is 0.376 e. The van der Waals surface area contributed by atoms with Crippen molar-refractivity contribution < 1.29 is 4.74 Å². The third-order valence-electron chi connectivity index (χ3n) is 2.17. The van der Waals surface area contributed by atoms with E-state index in [2.05, 4.69) is 26.1 Å². The first-order valence-corrected chi connectivity index (χ1v) is 4.91. The van der Waals surface area contributed by atoms with Gasteiger partial charge in [-0.1, -0.05) is 6.92 Å². The van der Waals surface area contributed by atoms with Gasteiger partial charge in [-0.05, 0) is 46.7 Å². The van der Waals surface area contributed by atoms with Crippen molar-refractivity contribution in [3.05, 3.63) is 0 Å². The Morgan fingerprint density at radius 3 is 2.42 bits per heavy atom. The minimum Gasteiger partial charge on any atom is -0.376 e. The summed E-state index contributed by atoms with van der Waals surface area (Å²) in [6.07, 6.45) is 3.44. The minimum absolute atomic E-state index is 0.0691. The molecule has 0 aromatic rings. The molecule has 0 atom stereocenters. The SMILES string of the molecule is CCC(C)(C)OCCCCNC. The summed E-state index contributed by atoms with van der Waals surface area (Å²) in [6.45, 7) is 8.43. The van der Waals surface area contributed by atoms with Gasteiger partial charge in [0.15, 0.2) is 0 Å². The van der Waals surface area contributed by atoms with Gasteiger partial charge in [0.2, 0.25) is 0 Å². The molecule has 0 aromatic heterocycles. The quantitative estimate of drug-likeness (QED) is 0.596. The van der Waals surface area contributed by atoms with Crippen LogP contribution < -0.4 is 5.32 Å². The van der Waals surface area contributed by atoms with Crippen LogP contribution in [0.25, 0.3) is 0 Å². The average molecular weight is 173 g/mol. The maximum absolute atomic E-state index is 5.70. The van der Waals surface area contributed by atoms with Crippen molar-refractivity contribution in [2.24, 2.45) is 0 Å². The Morgan fingerprint density at radius 1 is 1.25 bits per heavy atom. The molecule has 0 saturated carbocycles. The van der Waals surface area contributed by atoms with Gasteiger partial charge in [-0.15, -0.1) is 0 Å². The Labute approximate surface area is 76.7 Å². The van der Waals surface area contributed by atoms with Crippen LogP contribution in [-0.4, -0.2) is 25.8 Å². The minimum atomic E-state index is 0.0691. The van der Waals surface area contributed by atoms with E-state index in [1.807, 2.05) is 7.05 Å². The monoisotopic (exact) mass is 173 g/mol. The number of nitrogens with one attached hydrogen (secondary N) is 1. The van der Waals surface area contributed by atoms with Gasteiger partial charge in [0.25, 0.3) is 0 Å². The highest BCUT2D eigenvalue weighted by Crippen LogP contribution is 2.13. The Hall–Kier alpha value is -0.0800. The fourth-order valence-corrected chi connectivity index (χ4v) is 0.854. The van der Waals surface area contributed by atoms with Gasteiger partial charge in [0.05, 0.1) is 5.60 Å². The number of ether oxygens (including phenoxy) is 1. The van der Waals surface area contributed by atoms with E-state index in [0.29, 0.717) is 0 Å². The Morgan fingerprint density at radius 2 is 1.92 bits per heavy atom. The Kier molecular flexibility index (Phi) is 6.39. The second-order valence-corrected chi connectivity index (χ2v) is 3.77. The molecule has 2 heteroatoms. The van der Waals surface area contributed by atoms with E-state index in [0.717, 1.165) is 26.0 Å². The lowest BCUT2D eigenvalue weighted by Crippen LogP contribution is -2.23. The van der Waals surface area contributed by atoms with E-state index in [4.69, 9.17) is 4.74 Å². The van der Waals surface area contributed by atoms with Crippen molar-refractivity contribution in [2.75, 3.05) is 20.2 Å². The predicted octanol–water partition coefficient (Wildman–Crippen LogP) is 2.19. The van der Waals surface area contributed by atoms with E-state index in [-0.39, 0.29) is 5.60 Å². The fourth-order valence-electron chi connectivity index (χ4n) is 0.854. The summed E-state index contributed by atoms with van der Waals surface area (Å²) in [5, 5.41) is 3.12. The van der Waals surface area contributed by atoms with Crippen LogP contribution >= 0.6 is 0 Å². The zero-order valence-electron chi connectivity index (χ0n) is 8.94. The maximum Gasteiger partial charge on any atom is 0.0623 e. The van der Waals surface area contributed by atoms with Crippen molar-refractivity contribution in [1.29, 1.82) is 0 Å². The summed E-state index contributed by atoms with van der Waals surface area (Å²) >= 11 is 0. The summed E-state index contributed by atoms with van der Waals surface area (Å²) in [7, 11) is 1.98. The topological polar surface area (TPSA) is 21.3 Å². The zero-order chi connectivity index (χ0) is 9.45. The first kappa shape index (κ1) is 11.9. The summed E-state index contributed by atoms with van der Waals surface area (Å²) in [6, 6.07) is 0. The summed E-state index contributed by atoms with van der Waals surface area (Å²) in [5.74, 6) is 0. The molecule has 2 nitrogen and oxygen atoms in total. The Bertz CT molecular complexity index is 102. The van der Waals surface area contributed by atoms with Crippen molar-refractivity contribution in [3.63, 3.8) is 0 Å². The molecule has 0 spiro atoms. The van der Waals surface area contributed by atoms with Crippen LogP contribution in [0.5, 0.6) is 0 Å². The van der Waals surface area contributed by atoms with Gasteiger partial charge >= 0.3 is 0 Å². The van der Waals surface area contributed by atoms with E-state index in [1.54, 1.807) is 0 Å². The number of hydrogen-bond donors (Lipinski definition) is 1. The molecule has 74 valence electrons. The predicted molar refractivity (Wildman–Crippen MR) is 53.5 cm³/mol. The van der Waals surface area contributed by atoms with Gasteiger partial charge in [-0.2, -0.15) is 0 Å². The normalized spacial score (nSPS) is 12.0. The molecule has 0 amide bonds. The molecule has 0 heterocycles. The smallest absolute Gasteiger partial charge is 0.0623 e. The van der Waals surface area contributed by atoms with E-state index in [9.17, 15) is 0 Å². The van der Waals surface area contributed by atoms with Crippen LogP contribution in [-0.2, 0) is 4.74 Å². The van der Waals surface area contributed by atoms with Crippen LogP contribution in [0, 0.1) is 0 Å². The molecule has 0 unspecified atom stereocenters. The molecule has 0 saturated heterocycles. The van der Waals surface area contributed by atoms with Crippen molar-refractivity contribution in [3.8, 4) is 0 Å².